The topological polar surface area (TPSA) is 49.2 Å². The van der Waals surface area contributed by atoms with Crippen LogP contribution < -0.4 is 0 Å². The van der Waals surface area contributed by atoms with Crippen molar-refractivity contribution in [1.82, 2.24) is 9.88 Å². The summed E-state index contributed by atoms with van der Waals surface area (Å²) in [5.41, 5.74) is 3.76. The van der Waals surface area contributed by atoms with E-state index in [0.717, 1.165) is 29.8 Å². The number of hydrogen-bond acceptors (Lipinski definition) is 4. The first-order valence-electron chi connectivity index (χ1n) is 11.5. The fourth-order valence-electron chi connectivity index (χ4n) is 4.16. The Labute approximate surface area is 199 Å². The van der Waals surface area contributed by atoms with Gasteiger partial charge in [0.1, 0.15) is 12.4 Å². The van der Waals surface area contributed by atoms with Crippen molar-refractivity contribution in [3.8, 4) is 11.1 Å². The van der Waals surface area contributed by atoms with Gasteiger partial charge in [0.15, 0.2) is 5.84 Å². The number of rotatable bonds is 7. The molecule has 0 amide bonds. The van der Waals surface area contributed by atoms with Crippen LogP contribution in [0.1, 0.15) is 16.8 Å². The third kappa shape index (κ3) is 6.11. The van der Waals surface area contributed by atoms with Gasteiger partial charge in [-0.05, 0) is 35.4 Å². The Morgan fingerprint density at radius 3 is 2.41 bits per heavy atom. The highest BCUT2D eigenvalue weighted by atomic mass is 19.1. The van der Waals surface area contributed by atoms with E-state index >= 15 is 0 Å². The van der Waals surface area contributed by atoms with Crippen LogP contribution in [0.5, 0.6) is 0 Å². The standard InChI is InChI=1S/C27H31F2N4O/c1-33(2,19-21-4-3-5-23(28)16-21)26(30)17-20-6-8-22(9-7-20)25-11-10-24(31-27(25)29)18-32-12-14-34-15-13-32/h3-11,16,30H,12-15,17-19H2,1-2H3/q+1. The molecule has 0 unspecified atom stereocenters. The molecule has 4 rings (SSSR count). The van der Waals surface area contributed by atoms with Crippen molar-refractivity contribution in [2.75, 3.05) is 40.4 Å². The highest BCUT2D eigenvalue weighted by molar-refractivity contribution is 5.75. The number of hydrogen-bond donors (Lipinski definition) is 1. The van der Waals surface area contributed by atoms with Crippen molar-refractivity contribution in [3.05, 3.63) is 89.2 Å². The zero-order valence-corrected chi connectivity index (χ0v) is 19.7. The number of nitrogens with zero attached hydrogens (tertiary/aromatic N) is 3. The van der Waals surface area contributed by atoms with Gasteiger partial charge in [-0.25, -0.2) is 9.37 Å². The smallest absolute Gasteiger partial charge is 0.221 e. The molecule has 5 nitrogen and oxygen atoms in total. The number of benzene rings is 2. The molecule has 1 aliphatic heterocycles. The summed E-state index contributed by atoms with van der Waals surface area (Å²) in [4.78, 5) is 6.39. The Kier molecular flexibility index (Phi) is 7.46. The van der Waals surface area contributed by atoms with Crippen LogP contribution in [0.15, 0.2) is 60.7 Å². The number of pyridine rings is 1. The van der Waals surface area contributed by atoms with Crippen LogP contribution in [0.4, 0.5) is 8.78 Å². The molecule has 34 heavy (non-hydrogen) atoms. The molecule has 1 fully saturated rings. The van der Waals surface area contributed by atoms with Gasteiger partial charge >= 0.3 is 0 Å². The van der Waals surface area contributed by atoms with Crippen LogP contribution >= 0.6 is 0 Å². The lowest BCUT2D eigenvalue weighted by Crippen LogP contribution is -2.45. The van der Waals surface area contributed by atoms with Crippen LogP contribution in [0.25, 0.3) is 11.1 Å². The Hall–Kier alpha value is -3.00. The molecule has 0 saturated carbocycles. The summed E-state index contributed by atoms with van der Waals surface area (Å²) < 4.78 is 34.0. The predicted molar refractivity (Wildman–Crippen MR) is 129 cm³/mol. The largest absolute Gasteiger partial charge is 0.379 e. The predicted octanol–water partition coefficient (Wildman–Crippen LogP) is 4.66. The second-order valence-corrected chi connectivity index (χ2v) is 9.32. The van der Waals surface area contributed by atoms with Gasteiger partial charge in [0.05, 0.1) is 39.4 Å². The van der Waals surface area contributed by atoms with Crippen LogP contribution in [-0.4, -0.2) is 60.6 Å². The van der Waals surface area contributed by atoms with E-state index in [1.54, 1.807) is 12.1 Å². The third-order valence-electron chi connectivity index (χ3n) is 6.23. The van der Waals surface area contributed by atoms with Crippen molar-refractivity contribution >= 4 is 5.84 Å². The summed E-state index contributed by atoms with van der Waals surface area (Å²) >= 11 is 0. The molecule has 0 bridgehead atoms. The average molecular weight is 466 g/mol. The molecule has 0 atom stereocenters. The molecule has 1 N–H and O–H groups in total. The van der Waals surface area contributed by atoms with Crippen LogP contribution in [0.2, 0.25) is 0 Å². The molecule has 0 spiro atoms. The van der Waals surface area contributed by atoms with Crippen molar-refractivity contribution in [2.45, 2.75) is 19.5 Å². The first-order chi connectivity index (χ1) is 16.3. The second kappa shape index (κ2) is 10.5. The number of morpholine rings is 1. The van der Waals surface area contributed by atoms with Crippen molar-refractivity contribution < 1.29 is 18.0 Å². The van der Waals surface area contributed by atoms with Crippen LogP contribution in [0, 0.1) is 17.2 Å². The Balaban J connectivity index is 1.40. The summed E-state index contributed by atoms with van der Waals surface area (Å²) in [6, 6.07) is 17.8. The maximum Gasteiger partial charge on any atom is 0.221 e. The maximum atomic E-state index is 14.8. The lowest BCUT2D eigenvalue weighted by atomic mass is 10.0. The van der Waals surface area contributed by atoms with Gasteiger partial charge in [-0.15, -0.1) is 0 Å². The van der Waals surface area contributed by atoms with Crippen molar-refractivity contribution in [3.63, 3.8) is 0 Å². The number of halogens is 2. The number of ether oxygens (including phenoxy) is 1. The van der Waals surface area contributed by atoms with Crippen molar-refractivity contribution in [1.29, 1.82) is 5.41 Å². The molecule has 1 aliphatic rings. The highest BCUT2D eigenvalue weighted by Gasteiger charge is 2.23. The average Bonchev–Trinajstić information content (AvgIpc) is 2.80. The number of nitrogens with one attached hydrogen (secondary N) is 1. The minimum Gasteiger partial charge on any atom is -0.379 e. The second-order valence-electron chi connectivity index (χ2n) is 9.32. The molecule has 1 aromatic heterocycles. The first kappa shape index (κ1) is 24.1. The number of quaternary nitrogens is 1. The Morgan fingerprint density at radius 1 is 1.00 bits per heavy atom. The molecule has 2 aromatic carbocycles. The summed E-state index contributed by atoms with van der Waals surface area (Å²) in [5, 5.41) is 8.61. The molecule has 1 saturated heterocycles. The van der Waals surface area contributed by atoms with Crippen LogP contribution in [-0.2, 0) is 24.2 Å². The van der Waals surface area contributed by atoms with Gasteiger partial charge in [-0.1, -0.05) is 36.4 Å². The molecule has 178 valence electrons. The van der Waals surface area contributed by atoms with Gasteiger partial charge in [-0.2, -0.15) is 4.39 Å². The molecular formula is C27H31F2N4O+. The minimum atomic E-state index is -0.473. The van der Waals surface area contributed by atoms with E-state index in [4.69, 9.17) is 10.1 Å². The van der Waals surface area contributed by atoms with Gasteiger partial charge in [-0.3, -0.25) is 14.8 Å². The fraction of sp³-hybridized carbons (Fsp3) is 0.333. The lowest BCUT2D eigenvalue weighted by molar-refractivity contribution is -0.815. The summed E-state index contributed by atoms with van der Waals surface area (Å²) in [5.74, 6) is -0.230. The summed E-state index contributed by atoms with van der Waals surface area (Å²) in [6.07, 6.45) is 0.460. The molecule has 7 heteroatoms. The molecule has 3 aromatic rings. The van der Waals surface area contributed by atoms with E-state index < -0.39 is 5.95 Å². The van der Waals surface area contributed by atoms with Gasteiger partial charge < -0.3 is 4.74 Å². The highest BCUT2D eigenvalue weighted by Crippen LogP contribution is 2.24. The Bertz CT molecular complexity index is 1140. The van der Waals surface area contributed by atoms with Gasteiger partial charge in [0.2, 0.25) is 5.95 Å². The Morgan fingerprint density at radius 2 is 1.74 bits per heavy atom. The number of aromatic nitrogens is 1. The van der Waals surface area contributed by atoms with Gasteiger partial charge in [0.25, 0.3) is 0 Å². The van der Waals surface area contributed by atoms with Crippen molar-refractivity contribution in [2.24, 2.45) is 0 Å². The minimum absolute atomic E-state index is 0.268. The first-order valence-corrected chi connectivity index (χ1v) is 11.5. The summed E-state index contributed by atoms with van der Waals surface area (Å²) in [7, 11) is 3.89. The van der Waals surface area contributed by atoms with E-state index in [9.17, 15) is 8.78 Å². The van der Waals surface area contributed by atoms with Crippen LogP contribution in [0.3, 0.4) is 0 Å². The molecule has 0 radical (unpaired) electrons. The van der Waals surface area contributed by atoms with E-state index in [0.29, 0.717) is 54.3 Å². The SMILES string of the molecule is C[N+](C)(Cc1cccc(F)c1)C(=N)Cc1ccc(-c2ccc(CN3CCOCC3)nc2F)cc1. The van der Waals surface area contributed by atoms with E-state index in [1.807, 2.05) is 50.5 Å². The molecular weight excluding hydrogens is 434 g/mol. The zero-order chi connectivity index (χ0) is 24.1. The quantitative estimate of drug-likeness (QED) is 0.239. The third-order valence-corrected chi connectivity index (χ3v) is 6.23. The maximum absolute atomic E-state index is 14.8. The monoisotopic (exact) mass is 465 g/mol. The molecule has 2 heterocycles. The fourth-order valence-corrected chi connectivity index (χ4v) is 4.16. The number of likely N-dealkylation sites (N-methyl/N-ethyl adjacent to an activating group) is 1. The van der Waals surface area contributed by atoms with E-state index in [2.05, 4.69) is 9.88 Å². The van der Waals surface area contributed by atoms with Gasteiger partial charge in [0, 0.05) is 30.8 Å². The van der Waals surface area contributed by atoms with E-state index in [-0.39, 0.29) is 5.82 Å². The zero-order valence-electron chi connectivity index (χ0n) is 19.7. The van der Waals surface area contributed by atoms with E-state index in [1.165, 1.54) is 12.1 Å². The lowest BCUT2D eigenvalue weighted by Gasteiger charge is -2.29. The number of amidine groups is 1. The normalized spacial score (nSPS) is 14.8. The summed E-state index contributed by atoms with van der Waals surface area (Å²) in [6.45, 7) is 4.21. The molecule has 0 aliphatic carbocycles.